The molecule has 1 aromatic carbocycles. The number of thiocarbonyl (C=S) groups is 1. The highest BCUT2D eigenvalue weighted by atomic mass is 35.5. The molecule has 1 saturated heterocycles. The van der Waals surface area contributed by atoms with Gasteiger partial charge in [-0.05, 0) is 25.0 Å². The number of carbonyl (C=O) groups excluding carboxylic acids is 1. The van der Waals surface area contributed by atoms with Gasteiger partial charge in [-0.25, -0.2) is 4.39 Å². The molecule has 2 rings (SSSR count). The van der Waals surface area contributed by atoms with Crippen LogP contribution in [0.1, 0.15) is 30.1 Å². The maximum absolute atomic E-state index is 13.8. The highest BCUT2D eigenvalue weighted by Crippen LogP contribution is 2.32. The molecule has 1 fully saturated rings. The summed E-state index contributed by atoms with van der Waals surface area (Å²) in [5.41, 5.74) is 5.44. The summed E-state index contributed by atoms with van der Waals surface area (Å²) in [4.78, 5) is 14.4. The highest BCUT2D eigenvalue weighted by Gasteiger charge is 2.35. The van der Waals surface area contributed by atoms with Crippen LogP contribution in [0.15, 0.2) is 18.2 Å². The summed E-state index contributed by atoms with van der Waals surface area (Å²) in [6, 6.07) is 4.23. The lowest BCUT2D eigenvalue weighted by molar-refractivity contribution is 0.0666. The molecule has 1 heterocycles. The van der Waals surface area contributed by atoms with Gasteiger partial charge in [-0.1, -0.05) is 36.8 Å². The van der Waals surface area contributed by atoms with E-state index in [1.165, 1.54) is 18.2 Å². The van der Waals surface area contributed by atoms with Crippen LogP contribution in [-0.2, 0) is 0 Å². The number of benzene rings is 1. The smallest absolute Gasteiger partial charge is 0.258 e. The zero-order chi connectivity index (χ0) is 14.9. The van der Waals surface area contributed by atoms with Crippen molar-refractivity contribution >= 4 is 34.7 Å². The van der Waals surface area contributed by atoms with Crippen molar-refractivity contribution in [3.63, 3.8) is 0 Å². The normalized spacial score (nSPS) is 17.9. The van der Waals surface area contributed by atoms with Gasteiger partial charge in [-0.15, -0.1) is 0 Å². The second-order valence-electron chi connectivity index (χ2n) is 5.31. The first kappa shape index (κ1) is 15.2. The zero-order valence-electron chi connectivity index (χ0n) is 11.2. The van der Waals surface area contributed by atoms with Gasteiger partial charge in [-0.2, -0.15) is 0 Å². The van der Waals surface area contributed by atoms with E-state index in [0.29, 0.717) is 30.9 Å². The molecule has 1 aliphatic rings. The second-order valence-corrected chi connectivity index (χ2v) is 6.16. The van der Waals surface area contributed by atoms with Crippen LogP contribution >= 0.6 is 23.8 Å². The molecule has 0 spiro atoms. The summed E-state index contributed by atoms with van der Waals surface area (Å²) in [5.74, 6) is -0.969. The summed E-state index contributed by atoms with van der Waals surface area (Å²) >= 11 is 11.0. The predicted octanol–water partition coefficient (Wildman–Crippen LogP) is 3.01. The summed E-state index contributed by atoms with van der Waals surface area (Å²) < 4.78 is 13.8. The van der Waals surface area contributed by atoms with Crippen LogP contribution in [0.4, 0.5) is 4.39 Å². The lowest BCUT2D eigenvalue weighted by Crippen LogP contribution is -2.46. The second kappa shape index (κ2) is 5.66. The van der Waals surface area contributed by atoms with E-state index in [4.69, 9.17) is 29.6 Å². The number of nitrogens with zero attached hydrogens (tertiary/aromatic N) is 1. The van der Waals surface area contributed by atoms with Crippen LogP contribution in [0, 0.1) is 11.2 Å². The highest BCUT2D eigenvalue weighted by molar-refractivity contribution is 7.80. The Bertz CT molecular complexity index is 536. The Hall–Kier alpha value is -1.20. The van der Waals surface area contributed by atoms with Crippen molar-refractivity contribution < 1.29 is 9.18 Å². The average Bonchev–Trinajstić information content (AvgIpc) is 2.39. The molecule has 0 atom stereocenters. The van der Waals surface area contributed by atoms with Crippen LogP contribution < -0.4 is 5.73 Å². The molecule has 1 aromatic rings. The first-order valence-corrected chi connectivity index (χ1v) is 7.17. The standard InChI is InChI=1S/C14H16ClFN2OS/c1-14(13(17)20)5-7-18(8-6-14)12(19)11-9(15)3-2-4-10(11)16/h2-4H,5-8H2,1H3,(H2,17,20). The van der Waals surface area contributed by atoms with Crippen molar-refractivity contribution in [2.75, 3.05) is 13.1 Å². The first-order valence-electron chi connectivity index (χ1n) is 6.38. The minimum Gasteiger partial charge on any atom is -0.393 e. The maximum Gasteiger partial charge on any atom is 0.258 e. The fourth-order valence-corrected chi connectivity index (χ4v) is 2.76. The van der Waals surface area contributed by atoms with Crippen molar-refractivity contribution in [3.05, 3.63) is 34.6 Å². The molecule has 0 saturated carbocycles. The van der Waals surface area contributed by atoms with Gasteiger partial charge in [0.05, 0.1) is 15.6 Å². The Morgan fingerprint density at radius 2 is 2.05 bits per heavy atom. The van der Waals surface area contributed by atoms with Gasteiger partial charge in [0.15, 0.2) is 0 Å². The molecule has 108 valence electrons. The van der Waals surface area contributed by atoms with E-state index in [9.17, 15) is 9.18 Å². The van der Waals surface area contributed by atoms with Gasteiger partial charge in [-0.3, -0.25) is 4.79 Å². The van der Waals surface area contributed by atoms with E-state index in [-0.39, 0.29) is 21.9 Å². The topological polar surface area (TPSA) is 46.3 Å². The third-order valence-electron chi connectivity index (χ3n) is 3.93. The van der Waals surface area contributed by atoms with E-state index in [1.807, 2.05) is 6.92 Å². The summed E-state index contributed by atoms with van der Waals surface area (Å²) in [7, 11) is 0. The number of carbonyl (C=O) groups is 1. The Balaban J connectivity index is 2.15. The van der Waals surface area contributed by atoms with Crippen LogP contribution in [0.3, 0.4) is 0 Å². The average molecular weight is 315 g/mol. The molecule has 2 N–H and O–H groups in total. The lowest BCUT2D eigenvalue weighted by Gasteiger charge is -2.38. The largest absolute Gasteiger partial charge is 0.393 e. The van der Waals surface area contributed by atoms with Crippen LogP contribution in [0.2, 0.25) is 5.02 Å². The lowest BCUT2D eigenvalue weighted by atomic mass is 9.80. The molecule has 0 unspecified atom stereocenters. The molecule has 1 amide bonds. The van der Waals surface area contributed by atoms with Crippen LogP contribution in [-0.4, -0.2) is 28.9 Å². The van der Waals surface area contributed by atoms with E-state index < -0.39 is 5.82 Å². The molecular formula is C14H16ClFN2OS. The van der Waals surface area contributed by atoms with Crippen molar-refractivity contribution in [1.29, 1.82) is 0 Å². The van der Waals surface area contributed by atoms with E-state index in [0.717, 1.165) is 0 Å². The third kappa shape index (κ3) is 2.79. The van der Waals surface area contributed by atoms with Gasteiger partial charge in [0.1, 0.15) is 5.82 Å². The minimum atomic E-state index is -0.592. The molecule has 0 aliphatic carbocycles. The number of amides is 1. The number of nitrogens with two attached hydrogens (primary N) is 1. The van der Waals surface area contributed by atoms with Crippen molar-refractivity contribution in [3.8, 4) is 0 Å². The van der Waals surface area contributed by atoms with E-state index >= 15 is 0 Å². The molecule has 6 heteroatoms. The van der Waals surface area contributed by atoms with Crippen molar-refractivity contribution in [1.82, 2.24) is 4.90 Å². The van der Waals surface area contributed by atoms with Crippen LogP contribution in [0.5, 0.6) is 0 Å². The number of rotatable bonds is 2. The van der Waals surface area contributed by atoms with Gasteiger partial charge < -0.3 is 10.6 Å². The first-order chi connectivity index (χ1) is 9.35. The summed E-state index contributed by atoms with van der Waals surface area (Å²) in [6.45, 7) is 2.99. The Labute approximate surface area is 127 Å². The fraction of sp³-hybridized carbons (Fsp3) is 0.429. The van der Waals surface area contributed by atoms with Crippen molar-refractivity contribution in [2.45, 2.75) is 19.8 Å². The zero-order valence-corrected chi connectivity index (χ0v) is 12.7. The van der Waals surface area contributed by atoms with Gasteiger partial charge in [0.25, 0.3) is 5.91 Å². The predicted molar refractivity (Wildman–Crippen MR) is 81.4 cm³/mol. The third-order valence-corrected chi connectivity index (χ3v) is 4.73. The van der Waals surface area contributed by atoms with Gasteiger partial charge >= 0.3 is 0 Å². The van der Waals surface area contributed by atoms with E-state index in [1.54, 1.807) is 4.90 Å². The number of halogens is 2. The minimum absolute atomic E-state index is 0.0619. The summed E-state index contributed by atoms with van der Waals surface area (Å²) in [6.07, 6.45) is 1.36. The molecule has 20 heavy (non-hydrogen) atoms. The molecule has 1 aliphatic heterocycles. The van der Waals surface area contributed by atoms with Crippen LogP contribution in [0.25, 0.3) is 0 Å². The Morgan fingerprint density at radius 3 is 2.55 bits per heavy atom. The van der Waals surface area contributed by atoms with Gasteiger partial charge in [0, 0.05) is 18.5 Å². The van der Waals surface area contributed by atoms with E-state index in [2.05, 4.69) is 0 Å². The van der Waals surface area contributed by atoms with Gasteiger partial charge in [0.2, 0.25) is 0 Å². The number of likely N-dealkylation sites (tertiary alicyclic amines) is 1. The number of piperidine rings is 1. The number of hydrogen-bond acceptors (Lipinski definition) is 2. The molecule has 0 radical (unpaired) electrons. The molecule has 0 bridgehead atoms. The fourth-order valence-electron chi connectivity index (χ4n) is 2.31. The Kier molecular flexibility index (Phi) is 4.30. The van der Waals surface area contributed by atoms with Crippen molar-refractivity contribution in [2.24, 2.45) is 11.1 Å². The molecule has 3 nitrogen and oxygen atoms in total. The monoisotopic (exact) mass is 314 g/mol. The number of hydrogen-bond donors (Lipinski definition) is 1. The maximum atomic E-state index is 13.8. The summed E-state index contributed by atoms with van der Waals surface area (Å²) in [5, 5.41) is 0.137. The molecule has 0 aromatic heterocycles. The SMILES string of the molecule is CC1(C(N)=S)CCN(C(=O)c2c(F)cccc2Cl)CC1. The molecular weight excluding hydrogens is 299 g/mol. The Morgan fingerprint density at radius 1 is 1.45 bits per heavy atom. The quantitative estimate of drug-likeness (QED) is 0.854.